The molecule has 0 radical (unpaired) electrons. The molecule has 3 rings (SSSR count). The highest BCUT2D eigenvalue weighted by Crippen LogP contribution is 2.38. The van der Waals surface area contributed by atoms with Crippen LogP contribution in [0.25, 0.3) is 0 Å². The summed E-state index contributed by atoms with van der Waals surface area (Å²) in [5, 5.41) is 0.168. The van der Waals surface area contributed by atoms with Crippen molar-refractivity contribution in [3.8, 4) is 0 Å². The fourth-order valence-corrected chi connectivity index (χ4v) is 3.95. The zero-order chi connectivity index (χ0) is 15.4. The maximum Gasteiger partial charge on any atom is 0.233 e. The second-order valence-corrected chi connectivity index (χ2v) is 6.57. The Kier molecular flexibility index (Phi) is 4.83. The first kappa shape index (κ1) is 15.2. The van der Waals surface area contributed by atoms with Crippen molar-refractivity contribution in [1.82, 2.24) is 14.5 Å². The topological polar surface area (TPSA) is 38.1 Å². The van der Waals surface area contributed by atoms with Crippen LogP contribution in [-0.2, 0) is 17.8 Å². The second kappa shape index (κ2) is 7.01. The van der Waals surface area contributed by atoms with Gasteiger partial charge in [0.2, 0.25) is 5.91 Å². The van der Waals surface area contributed by atoms with Crippen molar-refractivity contribution in [3.63, 3.8) is 0 Å². The second-order valence-electron chi connectivity index (χ2n) is 5.50. The van der Waals surface area contributed by atoms with Gasteiger partial charge in [-0.2, -0.15) is 0 Å². The molecule has 5 heteroatoms. The summed E-state index contributed by atoms with van der Waals surface area (Å²) in [7, 11) is 0. The van der Waals surface area contributed by atoms with Crippen LogP contribution >= 0.6 is 11.8 Å². The minimum atomic E-state index is 0.168. The molecule has 1 unspecified atom stereocenters. The van der Waals surface area contributed by atoms with Gasteiger partial charge in [-0.25, -0.2) is 4.98 Å². The molecule has 1 aliphatic heterocycles. The molecular weight excluding hydrogens is 294 g/mol. The average molecular weight is 315 g/mol. The van der Waals surface area contributed by atoms with Crippen LogP contribution in [0.15, 0.2) is 43.0 Å². The maximum absolute atomic E-state index is 12.2. The maximum atomic E-state index is 12.2. The lowest BCUT2D eigenvalue weighted by molar-refractivity contribution is -0.128. The van der Waals surface area contributed by atoms with E-state index in [0.717, 1.165) is 25.9 Å². The van der Waals surface area contributed by atoms with Crippen LogP contribution in [0.1, 0.15) is 29.8 Å². The number of hydrogen-bond donors (Lipinski definition) is 0. The molecule has 2 heterocycles. The third kappa shape index (κ3) is 3.35. The number of benzene rings is 1. The summed E-state index contributed by atoms with van der Waals surface area (Å²) in [5.74, 6) is 0.839. The van der Waals surface area contributed by atoms with Crippen molar-refractivity contribution >= 4 is 17.7 Å². The lowest BCUT2D eigenvalue weighted by Gasteiger charge is -2.24. The van der Waals surface area contributed by atoms with Crippen LogP contribution < -0.4 is 0 Å². The number of aromatic nitrogens is 2. The van der Waals surface area contributed by atoms with Gasteiger partial charge in [0.15, 0.2) is 0 Å². The van der Waals surface area contributed by atoms with E-state index in [2.05, 4.69) is 40.7 Å². The van der Waals surface area contributed by atoms with Crippen LogP contribution in [0.2, 0.25) is 0 Å². The van der Waals surface area contributed by atoms with Crippen LogP contribution in [0.3, 0.4) is 0 Å². The number of carbonyl (C=O) groups excluding carboxylic acids is 1. The smallest absolute Gasteiger partial charge is 0.233 e. The molecule has 1 aromatic carbocycles. The molecule has 1 amide bonds. The van der Waals surface area contributed by atoms with E-state index in [-0.39, 0.29) is 11.3 Å². The van der Waals surface area contributed by atoms with Gasteiger partial charge in [0.05, 0.1) is 12.1 Å². The monoisotopic (exact) mass is 315 g/mol. The predicted molar refractivity (Wildman–Crippen MR) is 89.6 cm³/mol. The zero-order valence-corrected chi connectivity index (χ0v) is 13.6. The first-order valence-corrected chi connectivity index (χ1v) is 8.78. The van der Waals surface area contributed by atoms with E-state index in [1.165, 1.54) is 11.1 Å². The van der Waals surface area contributed by atoms with Crippen LogP contribution in [0.4, 0.5) is 0 Å². The van der Waals surface area contributed by atoms with Crippen molar-refractivity contribution in [3.05, 3.63) is 54.1 Å². The van der Waals surface area contributed by atoms with Crippen molar-refractivity contribution in [1.29, 1.82) is 0 Å². The Bertz CT molecular complexity index is 609. The molecule has 1 fully saturated rings. The van der Waals surface area contributed by atoms with Crippen LogP contribution in [0, 0.1) is 0 Å². The molecule has 1 aromatic heterocycles. The molecule has 0 bridgehead atoms. The SMILES string of the molecule is CCc1ccc(C2SCC(=O)N2CCCn2ccnc2)cc1. The van der Waals surface area contributed by atoms with E-state index in [1.807, 2.05) is 17.4 Å². The summed E-state index contributed by atoms with van der Waals surface area (Å²) in [6.45, 7) is 3.85. The fourth-order valence-electron chi connectivity index (χ4n) is 2.73. The average Bonchev–Trinajstić information content (AvgIpc) is 3.18. The Balaban J connectivity index is 1.63. The van der Waals surface area contributed by atoms with Crippen LogP contribution in [0.5, 0.6) is 0 Å². The zero-order valence-electron chi connectivity index (χ0n) is 12.8. The molecule has 0 spiro atoms. The normalized spacial score (nSPS) is 18.1. The third-order valence-electron chi connectivity index (χ3n) is 4.02. The van der Waals surface area contributed by atoms with E-state index >= 15 is 0 Å². The first-order valence-electron chi connectivity index (χ1n) is 7.73. The molecule has 0 aliphatic carbocycles. The number of carbonyl (C=O) groups is 1. The molecular formula is C17H21N3OS. The van der Waals surface area contributed by atoms with E-state index in [9.17, 15) is 4.79 Å². The molecule has 0 saturated carbocycles. The molecule has 1 aliphatic rings. The van der Waals surface area contributed by atoms with Crippen molar-refractivity contribution in [2.75, 3.05) is 12.3 Å². The van der Waals surface area contributed by atoms with Crippen molar-refractivity contribution < 1.29 is 4.79 Å². The molecule has 0 N–H and O–H groups in total. The van der Waals surface area contributed by atoms with Crippen LogP contribution in [-0.4, -0.2) is 32.7 Å². The highest BCUT2D eigenvalue weighted by atomic mass is 32.2. The van der Waals surface area contributed by atoms with Crippen molar-refractivity contribution in [2.24, 2.45) is 0 Å². The molecule has 22 heavy (non-hydrogen) atoms. The van der Waals surface area contributed by atoms with Gasteiger partial charge in [-0.05, 0) is 24.0 Å². The summed E-state index contributed by atoms with van der Waals surface area (Å²) in [6.07, 6.45) is 7.57. The van der Waals surface area contributed by atoms with Gasteiger partial charge >= 0.3 is 0 Å². The fraction of sp³-hybridized carbons (Fsp3) is 0.412. The molecule has 1 atom stereocenters. The lowest BCUT2D eigenvalue weighted by atomic mass is 10.1. The minimum absolute atomic E-state index is 0.168. The Labute approximate surface area is 135 Å². The van der Waals surface area contributed by atoms with Gasteiger partial charge < -0.3 is 9.47 Å². The largest absolute Gasteiger partial charge is 0.337 e. The van der Waals surface area contributed by atoms with Gasteiger partial charge in [0.1, 0.15) is 5.37 Å². The number of amides is 1. The standard InChI is InChI=1S/C17H21N3OS/c1-2-14-4-6-15(7-5-14)17-20(16(21)12-22-17)10-3-9-19-11-8-18-13-19/h4-8,11,13,17H,2-3,9-10,12H2,1H3. The Morgan fingerprint density at radius 2 is 2.09 bits per heavy atom. The summed E-state index contributed by atoms with van der Waals surface area (Å²) in [5.41, 5.74) is 2.57. The predicted octanol–water partition coefficient (Wildman–Crippen LogP) is 3.11. The highest BCUT2D eigenvalue weighted by molar-refractivity contribution is 8.00. The van der Waals surface area contributed by atoms with Gasteiger partial charge in [0, 0.05) is 25.5 Å². The molecule has 1 saturated heterocycles. The Hall–Kier alpha value is -1.75. The number of thioether (sulfide) groups is 1. The minimum Gasteiger partial charge on any atom is -0.337 e. The molecule has 4 nitrogen and oxygen atoms in total. The van der Waals surface area contributed by atoms with Gasteiger partial charge in [-0.15, -0.1) is 11.8 Å². The quantitative estimate of drug-likeness (QED) is 0.822. The van der Waals surface area contributed by atoms with E-state index < -0.39 is 0 Å². The van der Waals surface area contributed by atoms with E-state index in [1.54, 1.807) is 18.0 Å². The molecule has 2 aromatic rings. The summed E-state index contributed by atoms with van der Waals surface area (Å²) in [6, 6.07) is 8.67. The highest BCUT2D eigenvalue weighted by Gasteiger charge is 2.32. The van der Waals surface area contributed by atoms with Gasteiger partial charge in [0.25, 0.3) is 0 Å². The summed E-state index contributed by atoms with van der Waals surface area (Å²) < 4.78 is 2.05. The Morgan fingerprint density at radius 1 is 1.27 bits per heavy atom. The number of hydrogen-bond acceptors (Lipinski definition) is 3. The summed E-state index contributed by atoms with van der Waals surface area (Å²) in [4.78, 5) is 18.2. The number of aryl methyl sites for hydroxylation is 2. The number of imidazole rings is 1. The van der Waals surface area contributed by atoms with Gasteiger partial charge in [-0.1, -0.05) is 31.2 Å². The first-order chi connectivity index (χ1) is 10.8. The summed E-state index contributed by atoms with van der Waals surface area (Å²) >= 11 is 1.73. The van der Waals surface area contributed by atoms with E-state index in [0.29, 0.717) is 5.75 Å². The molecule has 116 valence electrons. The van der Waals surface area contributed by atoms with E-state index in [4.69, 9.17) is 0 Å². The van der Waals surface area contributed by atoms with Crippen molar-refractivity contribution in [2.45, 2.75) is 31.7 Å². The Morgan fingerprint density at radius 3 is 2.77 bits per heavy atom. The number of nitrogens with zero attached hydrogens (tertiary/aromatic N) is 3. The van der Waals surface area contributed by atoms with Gasteiger partial charge in [-0.3, -0.25) is 4.79 Å². The third-order valence-corrected chi connectivity index (χ3v) is 5.27. The number of rotatable bonds is 6. The lowest BCUT2D eigenvalue weighted by Crippen LogP contribution is -2.29.